The summed E-state index contributed by atoms with van der Waals surface area (Å²) in [6.07, 6.45) is -3.19. The van der Waals surface area contributed by atoms with E-state index in [0.29, 0.717) is 5.58 Å². The number of carbonyl (C=O) groups excluding carboxylic acids is 1. The molecule has 0 aliphatic heterocycles. The first-order valence-corrected chi connectivity index (χ1v) is 9.91. The smallest absolute Gasteiger partial charge is 0.416 e. The lowest BCUT2D eigenvalue weighted by atomic mass is 10.1. The van der Waals surface area contributed by atoms with E-state index in [9.17, 15) is 18.0 Å². The molecule has 1 amide bonds. The van der Waals surface area contributed by atoms with E-state index in [1.807, 2.05) is 30.3 Å². The summed E-state index contributed by atoms with van der Waals surface area (Å²) in [7, 11) is 0. The first-order valence-electron chi connectivity index (χ1n) is 9.91. The monoisotopic (exact) mass is 448 g/mol. The number of fused-ring (bicyclic) bond motifs is 3. The van der Waals surface area contributed by atoms with Gasteiger partial charge in [-0.25, -0.2) is 5.43 Å². The molecule has 0 unspecified atom stereocenters. The maximum atomic E-state index is 12.9. The Bertz CT molecular complexity index is 1510. The Labute approximate surface area is 185 Å². The minimum absolute atomic E-state index is 0.0996. The number of rotatable bonds is 4. The van der Waals surface area contributed by atoms with Crippen LogP contribution in [0.3, 0.4) is 0 Å². The average Bonchev–Trinajstić information content (AvgIpc) is 3.46. The predicted octanol–water partition coefficient (Wildman–Crippen LogP) is 6.63. The van der Waals surface area contributed by atoms with Crippen LogP contribution in [0.5, 0.6) is 0 Å². The highest BCUT2D eigenvalue weighted by Gasteiger charge is 2.30. The number of hydrogen-bond donors (Lipinski definition) is 1. The molecule has 0 bridgehead atoms. The molecule has 0 aliphatic rings. The van der Waals surface area contributed by atoms with Gasteiger partial charge in [-0.15, -0.1) is 0 Å². The highest BCUT2D eigenvalue weighted by atomic mass is 19.4. The van der Waals surface area contributed by atoms with E-state index >= 15 is 0 Å². The lowest BCUT2D eigenvalue weighted by molar-refractivity contribution is -0.137. The second kappa shape index (κ2) is 7.98. The van der Waals surface area contributed by atoms with Gasteiger partial charge in [0.2, 0.25) is 0 Å². The molecule has 164 valence electrons. The van der Waals surface area contributed by atoms with Crippen LogP contribution in [-0.2, 0) is 6.18 Å². The van der Waals surface area contributed by atoms with Gasteiger partial charge in [-0.3, -0.25) is 4.79 Å². The minimum atomic E-state index is -4.44. The molecule has 0 saturated heterocycles. The van der Waals surface area contributed by atoms with Crippen LogP contribution < -0.4 is 5.43 Å². The van der Waals surface area contributed by atoms with Gasteiger partial charge >= 0.3 is 12.1 Å². The summed E-state index contributed by atoms with van der Waals surface area (Å²) in [6, 6.07) is 21.0. The van der Waals surface area contributed by atoms with Crippen LogP contribution in [0.4, 0.5) is 13.2 Å². The maximum Gasteiger partial charge on any atom is 0.416 e. The van der Waals surface area contributed by atoms with E-state index < -0.39 is 17.6 Å². The molecule has 5 nitrogen and oxygen atoms in total. The Hall–Kier alpha value is -4.33. The van der Waals surface area contributed by atoms with Crippen LogP contribution in [0.2, 0.25) is 0 Å². The maximum absolute atomic E-state index is 12.9. The van der Waals surface area contributed by atoms with Gasteiger partial charge in [-0.1, -0.05) is 42.5 Å². The number of carbonyl (C=O) groups is 1. The van der Waals surface area contributed by atoms with Gasteiger partial charge in [0.25, 0.3) is 0 Å². The summed E-state index contributed by atoms with van der Waals surface area (Å²) in [6.45, 7) is 0. The van der Waals surface area contributed by atoms with E-state index in [2.05, 4.69) is 10.5 Å². The molecule has 0 fully saturated rings. The molecule has 33 heavy (non-hydrogen) atoms. The van der Waals surface area contributed by atoms with Crippen molar-refractivity contribution in [2.75, 3.05) is 0 Å². The summed E-state index contributed by atoms with van der Waals surface area (Å²) < 4.78 is 49.9. The number of nitrogens with zero attached hydrogens (tertiary/aromatic N) is 1. The molecule has 0 saturated carbocycles. The Morgan fingerprint density at radius 3 is 2.58 bits per heavy atom. The highest BCUT2D eigenvalue weighted by molar-refractivity contribution is 6.08. The second-order valence-corrected chi connectivity index (χ2v) is 7.29. The largest absolute Gasteiger partial charge is 0.455 e. The van der Waals surface area contributed by atoms with Gasteiger partial charge in [0.15, 0.2) is 5.76 Å². The summed E-state index contributed by atoms with van der Waals surface area (Å²) in [5.41, 5.74) is 2.46. The molecule has 3 aromatic carbocycles. The van der Waals surface area contributed by atoms with Crippen LogP contribution in [0.1, 0.15) is 21.9 Å². The van der Waals surface area contributed by atoms with Crippen molar-refractivity contribution in [2.45, 2.75) is 6.18 Å². The zero-order valence-electron chi connectivity index (χ0n) is 16.9. The molecule has 8 heteroatoms. The van der Waals surface area contributed by atoms with Crippen molar-refractivity contribution >= 4 is 33.9 Å². The van der Waals surface area contributed by atoms with Crippen molar-refractivity contribution in [3.8, 4) is 11.3 Å². The number of halogens is 3. The van der Waals surface area contributed by atoms with Crippen LogP contribution in [0.25, 0.3) is 33.1 Å². The van der Waals surface area contributed by atoms with Crippen LogP contribution >= 0.6 is 0 Å². The van der Waals surface area contributed by atoms with Crippen molar-refractivity contribution in [1.29, 1.82) is 0 Å². The summed E-state index contributed by atoms with van der Waals surface area (Å²) in [5, 5.41) is 6.68. The van der Waals surface area contributed by atoms with Crippen molar-refractivity contribution in [2.24, 2.45) is 5.10 Å². The van der Waals surface area contributed by atoms with Crippen molar-refractivity contribution in [3.05, 3.63) is 95.9 Å². The SMILES string of the molecule is O=C(N/N=C/c1ccc(-c2cccc(C(F)(F)F)c2)o1)c1cc2c(ccc3ccccc32)o1. The van der Waals surface area contributed by atoms with Gasteiger partial charge in [0.05, 0.1) is 11.8 Å². The molecule has 0 radical (unpaired) electrons. The van der Waals surface area contributed by atoms with E-state index in [1.165, 1.54) is 24.4 Å². The standard InChI is InChI=1S/C25H15F3N2O3/c26-25(27,28)17-6-3-5-16(12-17)21-11-9-18(32-21)14-29-30-24(31)23-13-20-19-7-2-1-4-15(19)8-10-22(20)33-23/h1-14H,(H,30,31)/b29-14+. The predicted molar refractivity (Wildman–Crippen MR) is 118 cm³/mol. The number of benzene rings is 3. The number of hydrazone groups is 1. The van der Waals surface area contributed by atoms with E-state index in [0.717, 1.165) is 28.3 Å². The molecule has 5 rings (SSSR count). The number of alkyl halides is 3. The van der Waals surface area contributed by atoms with Gasteiger partial charge in [0.1, 0.15) is 17.1 Å². The lowest BCUT2D eigenvalue weighted by Crippen LogP contribution is -2.16. The van der Waals surface area contributed by atoms with Gasteiger partial charge in [0, 0.05) is 10.9 Å². The third-order valence-electron chi connectivity index (χ3n) is 5.11. The molecule has 5 aromatic rings. The second-order valence-electron chi connectivity index (χ2n) is 7.29. The molecule has 1 N–H and O–H groups in total. The fraction of sp³-hybridized carbons (Fsp3) is 0.0400. The van der Waals surface area contributed by atoms with Crippen molar-refractivity contribution in [1.82, 2.24) is 5.43 Å². The van der Waals surface area contributed by atoms with Gasteiger partial charge in [-0.05, 0) is 47.2 Å². The van der Waals surface area contributed by atoms with Crippen LogP contribution in [-0.4, -0.2) is 12.1 Å². The highest BCUT2D eigenvalue weighted by Crippen LogP contribution is 2.32. The summed E-state index contributed by atoms with van der Waals surface area (Å²) in [5.74, 6) is 0.0649. The molecular formula is C25H15F3N2O3. The minimum Gasteiger partial charge on any atom is -0.455 e. The first-order chi connectivity index (χ1) is 15.9. The fourth-order valence-electron chi connectivity index (χ4n) is 3.54. The molecular weight excluding hydrogens is 433 g/mol. The first kappa shape index (κ1) is 20.6. The average molecular weight is 448 g/mol. The topological polar surface area (TPSA) is 67.7 Å². The zero-order chi connectivity index (χ0) is 23.0. The Kier molecular flexibility index (Phi) is 4.97. The van der Waals surface area contributed by atoms with E-state index in [4.69, 9.17) is 8.83 Å². The molecule has 0 aliphatic carbocycles. The van der Waals surface area contributed by atoms with Gasteiger partial charge in [-0.2, -0.15) is 18.3 Å². The number of amides is 1. The lowest BCUT2D eigenvalue weighted by Gasteiger charge is -2.07. The summed E-state index contributed by atoms with van der Waals surface area (Å²) >= 11 is 0. The summed E-state index contributed by atoms with van der Waals surface area (Å²) in [4.78, 5) is 12.4. The van der Waals surface area contributed by atoms with E-state index in [1.54, 1.807) is 18.2 Å². The van der Waals surface area contributed by atoms with Gasteiger partial charge < -0.3 is 8.83 Å². The molecule has 2 heterocycles. The number of nitrogens with one attached hydrogen (secondary N) is 1. The van der Waals surface area contributed by atoms with Crippen molar-refractivity contribution < 1.29 is 26.8 Å². The normalized spacial score (nSPS) is 12.1. The van der Waals surface area contributed by atoms with E-state index in [-0.39, 0.29) is 22.8 Å². The number of hydrogen-bond acceptors (Lipinski definition) is 4. The van der Waals surface area contributed by atoms with Crippen molar-refractivity contribution in [3.63, 3.8) is 0 Å². The quantitative estimate of drug-likeness (QED) is 0.248. The Morgan fingerprint density at radius 2 is 1.73 bits per heavy atom. The fourth-order valence-corrected chi connectivity index (χ4v) is 3.54. The number of furan rings is 2. The zero-order valence-corrected chi connectivity index (χ0v) is 16.9. The molecule has 0 atom stereocenters. The molecule has 0 spiro atoms. The Balaban J connectivity index is 1.31. The van der Waals surface area contributed by atoms with Crippen LogP contribution in [0, 0.1) is 0 Å². The van der Waals surface area contributed by atoms with Crippen LogP contribution in [0.15, 0.2) is 92.8 Å². The third-order valence-corrected chi connectivity index (χ3v) is 5.11. The molecule has 2 aromatic heterocycles. The Morgan fingerprint density at radius 1 is 0.879 bits per heavy atom. The third kappa shape index (κ3) is 4.10.